The maximum absolute atomic E-state index is 11.3. The largest absolute Gasteiger partial charge is 0.427 e. The first kappa shape index (κ1) is 18.0. The maximum Gasteiger partial charge on any atom is 0.308 e. The Balaban J connectivity index is 1.69. The SMILES string of the molecule is CC(=O)Oc1ccc2c3c([nH]c2c1)[C@H](c1c[nH]c2ccccc12)[C@@H](C(C)(C)C)C3. The molecule has 0 radical (unpaired) electrons. The summed E-state index contributed by atoms with van der Waals surface area (Å²) >= 11 is 0. The number of carbonyl (C=O) groups is 1. The molecule has 148 valence electrons. The number of aromatic nitrogens is 2. The number of carbonyl (C=O) groups excluding carboxylic acids is 1. The van der Waals surface area contributed by atoms with Gasteiger partial charge in [-0.1, -0.05) is 39.0 Å². The Bertz CT molecular complexity index is 1240. The van der Waals surface area contributed by atoms with E-state index in [1.54, 1.807) is 0 Å². The fraction of sp³-hybridized carbons (Fsp3) is 0.320. The van der Waals surface area contributed by atoms with Gasteiger partial charge in [0.15, 0.2) is 0 Å². The van der Waals surface area contributed by atoms with Crippen molar-refractivity contribution in [1.29, 1.82) is 0 Å². The molecule has 4 nitrogen and oxygen atoms in total. The molecule has 2 aromatic carbocycles. The Morgan fingerprint density at radius 2 is 1.86 bits per heavy atom. The number of aromatic amines is 2. The molecule has 2 heterocycles. The minimum absolute atomic E-state index is 0.174. The molecule has 29 heavy (non-hydrogen) atoms. The molecular formula is C25H26N2O2. The number of H-pyrrole nitrogens is 2. The van der Waals surface area contributed by atoms with Gasteiger partial charge in [0, 0.05) is 52.6 Å². The molecule has 2 atom stereocenters. The van der Waals surface area contributed by atoms with E-state index in [0.717, 1.165) is 11.9 Å². The Morgan fingerprint density at radius 3 is 2.62 bits per heavy atom. The predicted molar refractivity (Wildman–Crippen MR) is 116 cm³/mol. The monoisotopic (exact) mass is 386 g/mol. The minimum atomic E-state index is -0.298. The molecule has 0 unspecified atom stereocenters. The summed E-state index contributed by atoms with van der Waals surface area (Å²) in [6.45, 7) is 8.45. The number of hydrogen-bond acceptors (Lipinski definition) is 2. The van der Waals surface area contributed by atoms with Crippen LogP contribution < -0.4 is 4.74 Å². The van der Waals surface area contributed by atoms with Crippen LogP contribution in [0.3, 0.4) is 0 Å². The number of nitrogens with one attached hydrogen (secondary N) is 2. The highest BCUT2D eigenvalue weighted by Crippen LogP contribution is 2.52. The average Bonchev–Trinajstić information content (AvgIpc) is 3.31. The van der Waals surface area contributed by atoms with Crippen LogP contribution in [-0.4, -0.2) is 15.9 Å². The summed E-state index contributed by atoms with van der Waals surface area (Å²) in [5.41, 5.74) is 6.43. The van der Waals surface area contributed by atoms with E-state index in [2.05, 4.69) is 67.3 Å². The van der Waals surface area contributed by atoms with Crippen LogP contribution in [-0.2, 0) is 11.2 Å². The van der Waals surface area contributed by atoms with E-state index in [9.17, 15) is 4.79 Å². The van der Waals surface area contributed by atoms with Gasteiger partial charge < -0.3 is 14.7 Å². The van der Waals surface area contributed by atoms with Crippen LogP contribution in [0.4, 0.5) is 0 Å². The third kappa shape index (κ3) is 2.86. The smallest absolute Gasteiger partial charge is 0.308 e. The molecule has 1 aliphatic carbocycles. The number of fused-ring (bicyclic) bond motifs is 4. The third-order valence-corrected chi connectivity index (χ3v) is 6.38. The van der Waals surface area contributed by atoms with Crippen LogP contribution in [0.15, 0.2) is 48.7 Å². The number of para-hydroxylation sites is 1. The minimum Gasteiger partial charge on any atom is -0.427 e. The van der Waals surface area contributed by atoms with Gasteiger partial charge in [0.2, 0.25) is 0 Å². The summed E-state index contributed by atoms with van der Waals surface area (Å²) < 4.78 is 5.29. The summed E-state index contributed by atoms with van der Waals surface area (Å²) in [5.74, 6) is 1.08. The number of hydrogen-bond donors (Lipinski definition) is 2. The van der Waals surface area contributed by atoms with Gasteiger partial charge >= 0.3 is 5.97 Å². The zero-order valence-corrected chi connectivity index (χ0v) is 17.3. The van der Waals surface area contributed by atoms with E-state index in [-0.39, 0.29) is 11.4 Å². The van der Waals surface area contributed by atoms with Gasteiger partial charge in [-0.15, -0.1) is 0 Å². The van der Waals surface area contributed by atoms with E-state index in [1.807, 2.05) is 12.1 Å². The van der Waals surface area contributed by atoms with Gasteiger partial charge in [0.25, 0.3) is 0 Å². The van der Waals surface area contributed by atoms with Gasteiger partial charge in [0.1, 0.15) is 5.75 Å². The van der Waals surface area contributed by atoms with E-state index >= 15 is 0 Å². The fourth-order valence-electron chi connectivity index (χ4n) is 5.04. The Morgan fingerprint density at radius 1 is 1.07 bits per heavy atom. The zero-order chi connectivity index (χ0) is 20.3. The van der Waals surface area contributed by atoms with Crippen molar-refractivity contribution in [3.8, 4) is 5.75 Å². The molecule has 0 aliphatic heterocycles. The number of ether oxygens (including phenoxy) is 1. The van der Waals surface area contributed by atoms with Crippen LogP contribution in [0, 0.1) is 11.3 Å². The summed E-state index contributed by atoms with van der Waals surface area (Å²) in [7, 11) is 0. The first-order valence-electron chi connectivity index (χ1n) is 10.2. The lowest BCUT2D eigenvalue weighted by atomic mass is 9.72. The molecule has 4 aromatic rings. The molecule has 0 saturated heterocycles. The standard InChI is InChI=1S/C25H26N2O2/c1-14(28)29-15-9-10-17-18-12-20(25(2,3)4)23(24(18)27-22(17)11-15)19-13-26-21-8-6-5-7-16(19)21/h5-11,13,20,23,26-27H,12H2,1-4H3/t20-,23+/m0/s1. The van der Waals surface area contributed by atoms with E-state index in [4.69, 9.17) is 4.74 Å². The first-order chi connectivity index (χ1) is 13.8. The second kappa shape index (κ2) is 6.24. The molecule has 0 fully saturated rings. The predicted octanol–water partition coefficient (Wildman–Crippen LogP) is 5.92. The molecule has 0 spiro atoms. The molecule has 1 aliphatic rings. The molecule has 2 aromatic heterocycles. The lowest BCUT2D eigenvalue weighted by Gasteiger charge is -2.32. The van der Waals surface area contributed by atoms with Crippen molar-refractivity contribution in [3.63, 3.8) is 0 Å². The Kier molecular flexibility index (Phi) is 3.89. The highest BCUT2D eigenvalue weighted by atomic mass is 16.5. The van der Waals surface area contributed by atoms with Crippen LogP contribution in [0.1, 0.15) is 50.4 Å². The van der Waals surface area contributed by atoms with Gasteiger partial charge in [0.05, 0.1) is 0 Å². The van der Waals surface area contributed by atoms with Crippen molar-refractivity contribution >= 4 is 27.8 Å². The number of rotatable bonds is 2. The van der Waals surface area contributed by atoms with Gasteiger partial charge in [-0.25, -0.2) is 0 Å². The number of benzene rings is 2. The second-order valence-electron chi connectivity index (χ2n) is 9.26. The van der Waals surface area contributed by atoms with Gasteiger partial charge in [-0.3, -0.25) is 4.79 Å². The highest BCUT2D eigenvalue weighted by Gasteiger charge is 2.43. The average molecular weight is 386 g/mol. The van der Waals surface area contributed by atoms with Crippen molar-refractivity contribution in [2.45, 2.75) is 40.0 Å². The lowest BCUT2D eigenvalue weighted by Crippen LogP contribution is -2.25. The summed E-state index contributed by atoms with van der Waals surface area (Å²) in [6.07, 6.45) is 3.22. The fourth-order valence-corrected chi connectivity index (χ4v) is 5.04. The maximum atomic E-state index is 11.3. The second-order valence-corrected chi connectivity index (χ2v) is 9.26. The molecule has 5 rings (SSSR count). The molecule has 0 bridgehead atoms. The molecule has 0 amide bonds. The van der Waals surface area contributed by atoms with Crippen LogP contribution in [0.2, 0.25) is 0 Å². The van der Waals surface area contributed by atoms with E-state index in [0.29, 0.717) is 17.6 Å². The van der Waals surface area contributed by atoms with Crippen LogP contribution in [0.5, 0.6) is 5.75 Å². The molecule has 2 N–H and O–H groups in total. The lowest BCUT2D eigenvalue weighted by molar-refractivity contribution is -0.131. The van der Waals surface area contributed by atoms with E-state index < -0.39 is 0 Å². The molecule has 4 heteroatoms. The topological polar surface area (TPSA) is 57.9 Å². The quantitative estimate of drug-likeness (QED) is 0.332. The van der Waals surface area contributed by atoms with Gasteiger partial charge in [-0.05, 0) is 47.1 Å². The van der Waals surface area contributed by atoms with Crippen LogP contribution in [0.25, 0.3) is 21.8 Å². The van der Waals surface area contributed by atoms with Crippen molar-refractivity contribution in [1.82, 2.24) is 9.97 Å². The summed E-state index contributed by atoms with van der Waals surface area (Å²) in [5, 5.41) is 2.52. The number of esters is 1. The summed E-state index contributed by atoms with van der Waals surface area (Å²) in [6, 6.07) is 14.4. The van der Waals surface area contributed by atoms with Crippen molar-refractivity contribution < 1.29 is 9.53 Å². The van der Waals surface area contributed by atoms with Gasteiger partial charge in [-0.2, -0.15) is 0 Å². The van der Waals surface area contributed by atoms with Crippen LogP contribution >= 0.6 is 0 Å². The third-order valence-electron chi connectivity index (χ3n) is 6.38. The van der Waals surface area contributed by atoms with E-state index in [1.165, 1.54) is 40.0 Å². The van der Waals surface area contributed by atoms with Crippen molar-refractivity contribution in [2.75, 3.05) is 0 Å². The molecule has 0 saturated carbocycles. The first-order valence-corrected chi connectivity index (χ1v) is 10.2. The zero-order valence-electron chi connectivity index (χ0n) is 17.3. The Hall–Kier alpha value is -3.01. The molecular weight excluding hydrogens is 360 g/mol. The van der Waals surface area contributed by atoms with Crippen molar-refractivity contribution in [3.05, 3.63) is 65.5 Å². The summed E-state index contributed by atoms with van der Waals surface area (Å²) in [4.78, 5) is 18.5. The van der Waals surface area contributed by atoms with Crippen molar-refractivity contribution in [2.24, 2.45) is 11.3 Å². The highest BCUT2D eigenvalue weighted by molar-refractivity contribution is 5.89. The normalized spacial score (nSPS) is 19.0. The Labute approximate surface area is 170 Å².